The quantitative estimate of drug-likeness (QED) is 0.874. The standard InChI is InChI=1S/C13H13N3O3S/c17-13-4-3-11(8-15-13)20(18,19)16-7-5-12-10(9-16)2-1-6-14-12/h1-4,6,8H,5,7,9H2,(H,15,17). The summed E-state index contributed by atoms with van der Waals surface area (Å²) < 4.78 is 26.4. The van der Waals surface area contributed by atoms with Gasteiger partial charge in [0, 0.05) is 43.7 Å². The van der Waals surface area contributed by atoms with Gasteiger partial charge in [-0.3, -0.25) is 9.78 Å². The number of hydrogen-bond donors (Lipinski definition) is 1. The van der Waals surface area contributed by atoms with Crippen molar-refractivity contribution in [3.8, 4) is 0 Å². The summed E-state index contributed by atoms with van der Waals surface area (Å²) in [6.07, 6.45) is 3.54. The van der Waals surface area contributed by atoms with Crippen LogP contribution in [0.4, 0.5) is 0 Å². The summed E-state index contributed by atoms with van der Waals surface area (Å²) in [5.41, 5.74) is 1.55. The van der Waals surface area contributed by atoms with Gasteiger partial charge in [-0.2, -0.15) is 4.31 Å². The van der Waals surface area contributed by atoms with E-state index >= 15 is 0 Å². The van der Waals surface area contributed by atoms with Crippen LogP contribution in [0.5, 0.6) is 0 Å². The Hall–Kier alpha value is -1.99. The topological polar surface area (TPSA) is 83.1 Å². The Morgan fingerprint density at radius 2 is 2.10 bits per heavy atom. The Balaban J connectivity index is 1.94. The maximum atomic E-state index is 12.5. The molecule has 0 aromatic carbocycles. The zero-order valence-electron chi connectivity index (χ0n) is 10.6. The number of rotatable bonds is 2. The lowest BCUT2D eigenvalue weighted by molar-refractivity contribution is 0.387. The number of aromatic amines is 1. The summed E-state index contributed by atoms with van der Waals surface area (Å²) in [6, 6.07) is 6.23. The minimum absolute atomic E-state index is 0.101. The molecule has 1 aliphatic heterocycles. The van der Waals surface area contributed by atoms with Crippen LogP contribution in [0.15, 0.2) is 46.3 Å². The molecule has 1 aliphatic rings. The second-order valence-electron chi connectivity index (χ2n) is 4.59. The third-order valence-corrected chi connectivity index (χ3v) is 5.16. The summed E-state index contributed by atoms with van der Waals surface area (Å²) >= 11 is 0. The van der Waals surface area contributed by atoms with E-state index < -0.39 is 10.0 Å². The Bertz CT molecular complexity index is 778. The average molecular weight is 291 g/mol. The molecule has 0 fully saturated rings. The average Bonchev–Trinajstić information content (AvgIpc) is 2.47. The zero-order chi connectivity index (χ0) is 14.2. The number of fused-ring (bicyclic) bond motifs is 1. The highest BCUT2D eigenvalue weighted by Crippen LogP contribution is 2.22. The second kappa shape index (κ2) is 4.84. The number of aromatic nitrogens is 2. The zero-order valence-corrected chi connectivity index (χ0v) is 11.4. The van der Waals surface area contributed by atoms with E-state index in [9.17, 15) is 13.2 Å². The van der Waals surface area contributed by atoms with E-state index in [0.717, 1.165) is 11.3 Å². The summed E-state index contributed by atoms with van der Waals surface area (Å²) in [5, 5.41) is 0. The molecule has 3 heterocycles. The van der Waals surface area contributed by atoms with Crippen molar-refractivity contribution < 1.29 is 8.42 Å². The van der Waals surface area contributed by atoms with E-state index in [0.29, 0.717) is 19.5 Å². The van der Waals surface area contributed by atoms with Gasteiger partial charge in [-0.1, -0.05) is 6.07 Å². The summed E-state index contributed by atoms with van der Waals surface area (Å²) in [6.45, 7) is 0.704. The van der Waals surface area contributed by atoms with Crippen molar-refractivity contribution in [3.05, 3.63) is 58.3 Å². The van der Waals surface area contributed by atoms with E-state index in [1.54, 1.807) is 12.3 Å². The van der Waals surface area contributed by atoms with E-state index in [1.165, 1.54) is 22.6 Å². The first-order valence-corrected chi connectivity index (χ1v) is 7.63. The number of nitrogens with zero attached hydrogens (tertiary/aromatic N) is 2. The summed E-state index contributed by atoms with van der Waals surface area (Å²) in [7, 11) is -3.59. The highest BCUT2D eigenvalue weighted by molar-refractivity contribution is 7.89. The lowest BCUT2D eigenvalue weighted by Crippen LogP contribution is -2.36. The summed E-state index contributed by atoms with van der Waals surface area (Å²) in [5.74, 6) is 0. The van der Waals surface area contributed by atoms with E-state index in [-0.39, 0.29) is 10.5 Å². The number of sulfonamides is 1. The van der Waals surface area contributed by atoms with Crippen LogP contribution in [0.2, 0.25) is 0 Å². The van der Waals surface area contributed by atoms with Crippen LogP contribution in [0, 0.1) is 0 Å². The molecule has 0 aliphatic carbocycles. The van der Waals surface area contributed by atoms with Gasteiger partial charge in [0.15, 0.2) is 0 Å². The molecule has 7 heteroatoms. The van der Waals surface area contributed by atoms with Crippen molar-refractivity contribution in [2.24, 2.45) is 0 Å². The fourth-order valence-corrected chi connectivity index (χ4v) is 3.64. The van der Waals surface area contributed by atoms with E-state index in [1.807, 2.05) is 6.07 Å². The molecule has 0 saturated carbocycles. The molecule has 0 radical (unpaired) electrons. The Labute approximate surface area is 116 Å². The van der Waals surface area contributed by atoms with Crippen LogP contribution in [-0.2, 0) is 23.0 Å². The van der Waals surface area contributed by atoms with Crippen LogP contribution in [-0.4, -0.2) is 29.2 Å². The molecule has 0 saturated heterocycles. The highest BCUT2D eigenvalue weighted by Gasteiger charge is 2.28. The molecule has 6 nitrogen and oxygen atoms in total. The predicted octanol–water partition coefficient (Wildman–Crippen LogP) is 0.517. The Morgan fingerprint density at radius 3 is 2.85 bits per heavy atom. The molecule has 3 rings (SSSR count). The van der Waals surface area contributed by atoms with Gasteiger partial charge in [-0.25, -0.2) is 8.42 Å². The number of H-pyrrole nitrogens is 1. The van der Waals surface area contributed by atoms with Gasteiger partial charge in [-0.05, 0) is 17.7 Å². The first-order valence-electron chi connectivity index (χ1n) is 6.19. The molecule has 0 bridgehead atoms. The van der Waals surface area contributed by atoms with Crippen LogP contribution >= 0.6 is 0 Å². The van der Waals surface area contributed by atoms with Gasteiger partial charge in [-0.15, -0.1) is 0 Å². The van der Waals surface area contributed by atoms with Gasteiger partial charge in [0.25, 0.3) is 0 Å². The van der Waals surface area contributed by atoms with Gasteiger partial charge >= 0.3 is 0 Å². The maximum absolute atomic E-state index is 12.5. The molecule has 0 atom stereocenters. The minimum atomic E-state index is -3.59. The van der Waals surface area contributed by atoms with Crippen molar-refractivity contribution in [2.45, 2.75) is 17.9 Å². The van der Waals surface area contributed by atoms with Crippen molar-refractivity contribution in [3.63, 3.8) is 0 Å². The van der Waals surface area contributed by atoms with Gasteiger partial charge in [0.1, 0.15) is 0 Å². The van der Waals surface area contributed by atoms with Crippen LogP contribution in [0.3, 0.4) is 0 Å². The van der Waals surface area contributed by atoms with Crippen molar-refractivity contribution in [1.29, 1.82) is 0 Å². The number of nitrogens with one attached hydrogen (secondary N) is 1. The minimum Gasteiger partial charge on any atom is -0.328 e. The molecule has 2 aromatic rings. The molecule has 1 N–H and O–H groups in total. The maximum Gasteiger partial charge on any atom is 0.247 e. The normalized spacial score (nSPS) is 15.8. The molecule has 0 amide bonds. The monoisotopic (exact) mass is 291 g/mol. The molecular formula is C13H13N3O3S. The third-order valence-electron chi connectivity index (χ3n) is 3.32. The molecule has 104 valence electrons. The lowest BCUT2D eigenvalue weighted by atomic mass is 10.1. The SMILES string of the molecule is O=c1ccc(S(=O)(=O)N2CCc3ncccc3C2)c[nH]1. The van der Waals surface area contributed by atoms with E-state index in [4.69, 9.17) is 0 Å². The van der Waals surface area contributed by atoms with Crippen molar-refractivity contribution in [2.75, 3.05) is 6.54 Å². The van der Waals surface area contributed by atoms with Crippen molar-refractivity contribution >= 4 is 10.0 Å². The van der Waals surface area contributed by atoms with Crippen molar-refractivity contribution in [1.82, 2.24) is 14.3 Å². The Kier molecular flexibility index (Phi) is 3.15. The molecule has 0 unspecified atom stereocenters. The number of hydrogen-bond acceptors (Lipinski definition) is 4. The van der Waals surface area contributed by atoms with Gasteiger partial charge in [0.05, 0.1) is 4.90 Å². The fraction of sp³-hybridized carbons (Fsp3) is 0.231. The molecular weight excluding hydrogens is 278 g/mol. The van der Waals surface area contributed by atoms with Crippen LogP contribution in [0.25, 0.3) is 0 Å². The van der Waals surface area contributed by atoms with E-state index in [2.05, 4.69) is 9.97 Å². The van der Waals surface area contributed by atoms with Gasteiger partial charge < -0.3 is 4.98 Å². The molecule has 2 aromatic heterocycles. The fourth-order valence-electron chi connectivity index (χ4n) is 2.25. The largest absolute Gasteiger partial charge is 0.328 e. The number of pyridine rings is 2. The third kappa shape index (κ3) is 2.25. The van der Waals surface area contributed by atoms with Crippen LogP contribution < -0.4 is 5.56 Å². The predicted molar refractivity (Wildman–Crippen MR) is 72.6 cm³/mol. The molecule has 0 spiro atoms. The first-order chi connectivity index (χ1) is 9.57. The Morgan fingerprint density at radius 1 is 1.25 bits per heavy atom. The highest BCUT2D eigenvalue weighted by atomic mass is 32.2. The first kappa shape index (κ1) is 13.0. The molecule has 20 heavy (non-hydrogen) atoms. The van der Waals surface area contributed by atoms with Gasteiger partial charge in [0.2, 0.25) is 15.6 Å². The smallest absolute Gasteiger partial charge is 0.247 e. The van der Waals surface area contributed by atoms with Crippen LogP contribution in [0.1, 0.15) is 11.3 Å². The lowest BCUT2D eigenvalue weighted by Gasteiger charge is -2.27. The summed E-state index contributed by atoms with van der Waals surface area (Å²) in [4.78, 5) is 17.8. The second-order valence-corrected chi connectivity index (χ2v) is 6.52.